The Balaban J connectivity index is 1.64. The summed E-state index contributed by atoms with van der Waals surface area (Å²) in [6.45, 7) is 4.97. The number of hydrogen-bond donors (Lipinski definition) is 1. The van der Waals surface area contributed by atoms with Crippen LogP contribution in [0.2, 0.25) is 0 Å². The molecule has 1 aromatic carbocycles. The lowest BCUT2D eigenvalue weighted by Crippen LogP contribution is -2.24. The van der Waals surface area contributed by atoms with E-state index in [1.54, 1.807) is 0 Å². The van der Waals surface area contributed by atoms with Gasteiger partial charge in [0, 0.05) is 12.0 Å². The Morgan fingerprint density at radius 3 is 2.65 bits per heavy atom. The molecule has 0 saturated carbocycles. The van der Waals surface area contributed by atoms with E-state index >= 15 is 0 Å². The van der Waals surface area contributed by atoms with Gasteiger partial charge in [-0.05, 0) is 37.3 Å². The number of hydrogen-bond acceptors (Lipinski definition) is 4. The van der Waals surface area contributed by atoms with Gasteiger partial charge in [0.2, 0.25) is 5.89 Å². The molecular weight excluding hydrogens is 250 g/mol. The van der Waals surface area contributed by atoms with Crippen LogP contribution in [-0.2, 0) is 19.4 Å². The maximum absolute atomic E-state index is 5.35. The quantitative estimate of drug-likeness (QED) is 0.908. The van der Waals surface area contributed by atoms with Crippen molar-refractivity contribution in [2.24, 2.45) is 0 Å². The largest absolute Gasteiger partial charge is 0.338 e. The van der Waals surface area contributed by atoms with E-state index in [1.807, 2.05) is 0 Å². The lowest BCUT2D eigenvalue weighted by atomic mass is 10.1. The second-order valence-electron chi connectivity index (χ2n) is 5.61. The normalized spacial score (nSPS) is 16.3. The van der Waals surface area contributed by atoms with Gasteiger partial charge in [0.15, 0.2) is 5.82 Å². The highest BCUT2D eigenvalue weighted by molar-refractivity contribution is 5.34. The van der Waals surface area contributed by atoms with E-state index in [0.29, 0.717) is 24.4 Å². The highest BCUT2D eigenvalue weighted by Crippen LogP contribution is 2.32. The van der Waals surface area contributed by atoms with Crippen molar-refractivity contribution in [3.05, 3.63) is 47.1 Å². The zero-order valence-corrected chi connectivity index (χ0v) is 12.1. The molecule has 0 radical (unpaired) electrons. The van der Waals surface area contributed by atoms with Crippen LogP contribution in [0.1, 0.15) is 49.0 Å². The molecule has 1 unspecified atom stereocenters. The summed E-state index contributed by atoms with van der Waals surface area (Å²) in [5.41, 5.74) is 2.84. The standard InChI is InChI=1S/C16H21N3O/c1-3-11(2)17-10-15-18-16(19-20-15)14-8-12-6-4-5-7-13(12)9-14/h4-7,11,14,17H,3,8-10H2,1-2H3. The zero-order chi connectivity index (χ0) is 13.9. The first-order chi connectivity index (χ1) is 9.76. The molecule has 1 aliphatic carbocycles. The molecule has 0 saturated heterocycles. The second-order valence-corrected chi connectivity index (χ2v) is 5.61. The number of nitrogens with zero attached hydrogens (tertiary/aromatic N) is 2. The molecule has 1 aromatic heterocycles. The van der Waals surface area contributed by atoms with Crippen LogP contribution in [0.3, 0.4) is 0 Å². The van der Waals surface area contributed by atoms with Gasteiger partial charge in [0.05, 0.1) is 6.54 Å². The summed E-state index contributed by atoms with van der Waals surface area (Å²) in [7, 11) is 0. The third-order valence-corrected chi connectivity index (χ3v) is 4.11. The van der Waals surface area contributed by atoms with Crippen molar-refractivity contribution in [1.82, 2.24) is 15.5 Å². The monoisotopic (exact) mass is 271 g/mol. The fourth-order valence-electron chi connectivity index (χ4n) is 2.65. The maximum atomic E-state index is 5.35. The van der Waals surface area contributed by atoms with E-state index < -0.39 is 0 Å². The number of nitrogens with one attached hydrogen (secondary N) is 1. The third kappa shape index (κ3) is 2.75. The summed E-state index contributed by atoms with van der Waals surface area (Å²) in [5.74, 6) is 1.91. The van der Waals surface area contributed by atoms with Gasteiger partial charge < -0.3 is 9.84 Å². The summed E-state index contributed by atoms with van der Waals surface area (Å²) < 4.78 is 5.35. The molecule has 1 heterocycles. The zero-order valence-electron chi connectivity index (χ0n) is 12.1. The minimum atomic E-state index is 0.369. The van der Waals surface area contributed by atoms with Gasteiger partial charge in [0.25, 0.3) is 0 Å². The Morgan fingerprint density at radius 1 is 1.30 bits per heavy atom. The molecule has 0 fully saturated rings. The van der Waals surface area contributed by atoms with Gasteiger partial charge in [-0.25, -0.2) is 0 Å². The van der Waals surface area contributed by atoms with E-state index in [4.69, 9.17) is 4.52 Å². The van der Waals surface area contributed by atoms with E-state index in [-0.39, 0.29) is 0 Å². The smallest absolute Gasteiger partial charge is 0.240 e. The van der Waals surface area contributed by atoms with Gasteiger partial charge in [0.1, 0.15) is 0 Å². The highest BCUT2D eigenvalue weighted by Gasteiger charge is 2.26. The van der Waals surface area contributed by atoms with E-state index in [0.717, 1.165) is 25.1 Å². The minimum absolute atomic E-state index is 0.369. The van der Waals surface area contributed by atoms with Crippen molar-refractivity contribution in [2.45, 2.75) is 51.6 Å². The Bertz CT molecular complexity index is 554. The summed E-state index contributed by atoms with van der Waals surface area (Å²) in [6, 6.07) is 9.06. The van der Waals surface area contributed by atoms with Gasteiger partial charge in [-0.1, -0.05) is 36.3 Å². The van der Waals surface area contributed by atoms with Gasteiger partial charge in [-0.15, -0.1) is 0 Å². The molecule has 0 spiro atoms. The maximum Gasteiger partial charge on any atom is 0.240 e. The molecular formula is C16H21N3O. The molecule has 0 bridgehead atoms. The van der Waals surface area contributed by atoms with Crippen LogP contribution >= 0.6 is 0 Å². The van der Waals surface area contributed by atoms with Gasteiger partial charge >= 0.3 is 0 Å². The van der Waals surface area contributed by atoms with Crippen molar-refractivity contribution in [1.29, 1.82) is 0 Å². The topological polar surface area (TPSA) is 51.0 Å². The summed E-state index contributed by atoms with van der Waals surface area (Å²) in [6.07, 6.45) is 3.14. The van der Waals surface area contributed by atoms with Crippen LogP contribution in [0.5, 0.6) is 0 Å². The molecule has 20 heavy (non-hydrogen) atoms. The molecule has 3 rings (SSSR count). The Morgan fingerprint density at radius 2 is 2.00 bits per heavy atom. The summed E-state index contributed by atoms with van der Waals surface area (Å²) >= 11 is 0. The Kier molecular flexibility index (Phi) is 3.83. The molecule has 4 nitrogen and oxygen atoms in total. The van der Waals surface area contributed by atoms with Crippen molar-refractivity contribution < 1.29 is 4.52 Å². The number of aromatic nitrogens is 2. The van der Waals surface area contributed by atoms with Crippen LogP contribution < -0.4 is 5.32 Å². The van der Waals surface area contributed by atoms with Crippen LogP contribution in [0.15, 0.2) is 28.8 Å². The van der Waals surface area contributed by atoms with Crippen LogP contribution in [0.4, 0.5) is 0 Å². The predicted octanol–water partition coefficient (Wildman–Crippen LogP) is 2.84. The summed E-state index contributed by atoms with van der Waals surface area (Å²) in [4.78, 5) is 4.54. The Hall–Kier alpha value is -1.68. The van der Waals surface area contributed by atoms with Crippen molar-refractivity contribution >= 4 is 0 Å². The number of rotatable bonds is 5. The first kappa shape index (κ1) is 13.3. The molecule has 4 heteroatoms. The fraction of sp³-hybridized carbons (Fsp3) is 0.500. The SMILES string of the molecule is CCC(C)NCc1nc(C2Cc3ccccc3C2)no1. The first-order valence-electron chi connectivity index (χ1n) is 7.39. The molecule has 1 aliphatic rings. The molecule has 1 N–H and O–H groups in total. The van der Waals surface area contributed by atoms with Crippen LogP contribution in [0, 0.1) is 0 Å². The molecule has 1 atom stereocenters. The molecule has 106 valence electrons. The van der Waals surface area contributed by atoms with E-state index in [2.05, 4.69) is 53.6 Å². The lowest BCUT2D eigenvalue weighted by Gasteiger charge is -2.07. The Labute approximate surface area is 119 Å². The number of fused-ring (bicyclic) bond motifs is 1. The van der Waals surface area contributed by atoms with Crippen molar-refractivity contribution in [2.75, 3.05) is 0 Å². The second kappa shape index (κ2) is 5.75. The highest BCUT2D eigenvalue weighted by atomic mass is 16.5. The molecule has 0 amide bonds. The minimum Gasteiger partial charge on any atom is -0.338 e. The average molecular weight is 271 g/mol. The van der Waals surface area contributed by atoms with Gasteiger partial charge in [-0.3, -0.25) is 0 Å². The lowest BCUT2D eigenvalue weighted by molar-refractivity contribution is 0.352. The average Bonchev–Trinajstić information content (AvgIpc) is 3.10. The van der Waals surface area contributed by atoms with E-state index in [9.17, 15) is 0 Å². The molecule has 0 aliphatic heterocycles. The van der Waals surface area contributed by atoms with Gasteiger partial charge in [-0.2, -0.15) is 4.98 Å². The predicted molar refractivity (Wildman–Crippen MR) is 77.5 cm³/mol. The molecule has 2 aromatic rings. The number of benzene rings is 1. The van der Waals surface area contributed by atoms with Crippen molar-refractivity contribution in [3.63, 3.8) is 0 Å². The van der Waals surface area contributed by atoms with Crippen molar-refractivity contribution in [3.8, 4) is 0 Å². The van der Waals surface area contributed by atoms with Crippen LogP contribution in [0.25, 0.3) is 0 Å². The summed E-state index contributed by atoms with van der Waals surface area (Å²) in [5, 5.41) is 7.53. The first-order valence-corrected chi connectivity index (χ1v) is 7.39. The fourth-order valence-corrected chi connectivity index (χ4v) is 2.65. The van der Waals surface area contributed by atoms with E-state index in [1.165, 1.54) is 11.1 Å². The third-order valence-electron chi connectivity index (χ3n) is 4.11. The van der Waals surface area contributed by atoms with Crippen LogP contribution in [-0.4, -0.2) is 16.2 Å².